The van der Waals surface area contributed by atoms with Gasteiger partial charge in [-0.25, -0.2) is 4.79 Å². The molecule has 0 saturated carbocycles. The molecule has 0 N–H and O–H groups in total. The first-order chi connectivity index (χ1) is 15.3. The minimum Gasteiger partial charge on any atom is -0.493 e. The molecule has 3 aromatic rings. The average molecular weight is 472 g/mol. The zero-order valence-electron chi connectivity index (χ0n) is 19.2. The number of carbonyl (C=O) groups is 1. The van der Waals surface area contributed by atoms with Crippen LogP contribution in [-0.2, 0) is 20.7 Å². The van der Waals surface area contributed by atoms with E-state index in [2.05, 4.69) is 16.5 Å². The smallest absolute Gasteiger partial charge is 0.340 e. The van der Waals surface area contributed by atoms with Crippen LogP contribution in [0.25, 0.3) is 21.7 Å². The molecule has 0 amide bonds. The summed E-state index contributed by atoms with van der Waals surface area (Å²) in [7, 11) is 0. The van der Waals surface area contributed by atoms with Crippen LogP contribution in [0.5, 0.6) is 5.75 Å². The maximum Gasteiger partial charge on any atom is 0.340 e. The molecular weight excluding hydrogens is 442 g/mol. The number of hydrogen-bond donors (Lipinski definition) is 0. The summed E-state index contributed by atoms with van der Waals surface area (Å²) < 4.78 is 22.2. The van der Waals surface area contributed by atoms with E-state index in [9.17, 15) is 4.79 Å². The van der Waals surface area contributed by atoms with Crippen LogP contribution in [0, 0.1) is 6.92 Å². The van der Waals surface area contributed by atoms with Crippen molar-refractivity contribution in [3.8, 4) is 27.4 Å². The molecule has 1 aromatic carbocycles. The van der Waals surface area contributed by atoms with Crippen LogP contribution in [-0.4, -0.2) is 29.2 Å². The van der Waals surface area contributed by atoms with Gasteiger partial charge in [0.05, 0.1) is 29.4 Å². The second kappa shape index (κ2) is 9.33. The molecule has 0 radical (unpaired) electrons. The number of benzene rings is 1. The number of rotatable bonds is 6. The maximum absolute atomic E-state index is 13.1. The molecule has 1 atom stereocenters. The van der Waals surface area contributed by atoms with Crippen molar-refractivity contribution in [3.63, 3.8) is 0 Å². The van der Waals surface area contributed by atoms with Gasteiger partial charge >= 0.3 is 5.97 Å². The first kappa shape index (κ1) is 23.0. The highest BCUT2D eigenvalue weighted by Crippen LogP contribution is 2.48. The van der Waals surface area contributed by atoms with E-state index in [1.54, 1.807) is 11.3 Å². The highest BCUT2D eigenvalue weighted by molar-refractivity contribution is 7.16. The van der Waals surface area contributed by atoms with Gasteiger partial charge < -0.3 is 14.2 Å². The second-order valence-corrected chi connectivity index (χ2v) is 10.7. The Labute approximate surface area is 197 Å². The molecule has 4 rings (SSSR count). The summed E-state index contributed by atoms with van der Waals surface area (Å²) in [6.07, 6.45) is 1.16. The molecule has 0 aliphatic carbocycles. The predicted octanol–water partition coefficient (Wildman–Crippen LogP) is 6.59. The highest BCUT2D eigenvalue weighted by atomic mass is 32.1. The number of hydrogen-bond acceptors (Lipinski definition) is 7. The molecule has 1 aliphatic rings. The van der Waals surface area contributed by atoms with Gasteiger partial charge in [0, 0.05) is 21.4 Å². The third kappa shape index (κ3) is 4.75. The Bertz CT molecular complexity index is 1100. The lowest BCUT2D eigenvalue weighted by atomic mass is 9.92. The number of fused-ring (bicyclic) bond motifs is 1. The Hall–Kier alpha value is -2.22. The summed E-state index contributed by atoms with van der Waals surface area (Å²) in [5.74, 6) is 0.576. The van der Waals surface area contributed by atoms with Crippen molar-refractivity contribution in [2.24, 2.45) is 0 Å². The Kier molecular flexibility index (Phi) is 6.70. The molecule has 0 saturated heterocycles. The molecule has 170 valence electrons. The minimum atomic E-state index is -0.819. The summed E-state index contributed by atoms with van der Waals surface area (Å²) in [6.45, 7) is 10.8. The maximum atomic E-state index is 13.1. The number of esters is 1. The molecule has 32 heavy (non-hydrogen) atoms. The fourth-order valence-electron chi connectivity index (χ4n) is 3.98. The molecule has 7 heteroatoms. The summed E-state index contributed by atoms with van der Waals surface area (Å²) in [6, 6.07) is 8.32. The lowest BCUT2D eigenvalue weighted by molar-refractivity contribution is -0.166. The van der Waals surface area contributed by atoms with E-state index < -0.39 is 11.7 Å². The Morgan fingerprint density at radius 3 is 2.78 bits per heavy atom. The minimum absolute atomic E-state index is 0.302. The monoisotopic (exact) mass is 471 g/mol. The van der Waals surface area contributed by atoms with Gasteiger partial charge in [0.1, 0.15) is 5.75 Å². The van der Waals surface area contributed by atoms with E-state index in [4.69, 9.17) is 14.2 Å². The Morgan fingerprint density at radius 1 is 1.28 bits per heavy atom. The van der Waals surface area contributed by atoms with Crippen molar-refractivity contribution in [3.05, 3.63) is 45.6 Å². The van der Waals surface area contributed by atoms with Crippen LogP contribution in [0.3, 0.4) is 0 Å². The summed E-state index contributed by atoms with van der Waals surface area (Å²) in [4.78, 5) is 15.2. The third-order valence-corrected chi connectivity index (χ3v) is 6.94. The van der Waals surface area contributed by atoms with E-state index in [0.717, 1.165) is 57.3 Å². The molecule has 1 unspecified atom stereocenters. The van der Waals surface area contributed by atoms with E-state index in [1.165, 1.54) is 17.1 Å². The van der Waals surface area contributed by atoms with Crippen molar-refractivity contribution >= 4 is 28.8 Å². The molecule has 0 bridgehead atoms. The van der Waals surface area contributed by atoms with Crippen molar-refractivity contribution in [2.75, 3.05) is 13.2 Å². The first-order valence-corrected chi connectivity index (χ1v) is 12.6. The fourth-order valence-corrected chi connectivity index (χ4v) is 5.73. The number of nitrogens with zero attached hydrogens (tertiary/aromatic N) is 1. The standard InChI is InChI=1S/C25H29NO4S2/c1-6-28-24(27)22(30-25(3,4)5)20-15(2)32-23(18-11-13-31-26-18)21(20)17-9-10-19-16(14-17)8-7-12-29-19/h9-11,13-14,22H,6-8,12H2,1-5H3. The Balaban J connectivity index is 1.93. The van der Waals surface area contributed by atoms with Gasteiger partial charge in [-0.2, -0.15) is 4.37 Å². The molecule has 3 heterocycles. The van der Waals surface area contributed by atoms with Crippen LogP contribution in [0.4, 0.5) is 0 Å². The van der Waals surface area contributed by atoms with Crippen LogP contribution in [0.1, 0.15) is 56.2 Å². The number of carbonyl (C=O) groups excluding carboxylic acids is 1. The second-order valence-electron chi connectivity index (χ2n) is 8.80. The van der Waals surface area contributed by atoms with Gasteiger partial charge in [-0.1, -0.05) is 6.07 Å². The molecular formula is C25H29NO4S2. The topological polar surface area (TPSA) is 57.7 Å². The van der Waals surface area contributed by atoms with Crippen molar-refractivity contribution in [2.45, 2.75) is 59.2 Å². The van der Waals surface area contributed by atoms with E-state index >= 15 is 0 Å². The lowest BCUT2D eigenvalue weighted by Crippen LogP contribution is -2.29. The van der Waals surface area contributed by atoms with Crippen LogP contribution < -0.4 is 4.74 Å². The largest absolute Gasteiger partial charge is 0.493 e. The Morgan fingerprint density at radius 2 is 2.09 bits per heavy atom. The van der Waals surface area contributed by atoms with Crippen LogP contribution in [0.15, 0.2) is 29.6 Å². The van der Waals surface area contributed by atoms with E-state index in [-0.39, 0.29) is 5.97 Å². The van der Waals surface area contributed by atoms with Gasteiger partial charge in [0.25, 0.3) is 0 Å². The zero-order chi connectivity index (χ0) is 22.9. The number of ether oxygens (including phenoxy) is 3. The molecule has 0 spiro atoms. The average Bonchev–Trinajstić information content (AvgIpc) is 3.39. The molecule has 1 aliphatic heterocycles. The summed E-state index contributed by atoms with van der Waals surface area (Å²) >= 11 is 3.07. The zero-order valence-corrected chi connectivity index (χ0v) is 20.8. The van der Waals surface area contributed by atoms with Gasteiger partial charge in [0.15, 0.2) is 6.10 Å². The molecule has 2 aromatic heterocycles. The normalized spacial score (nSPS) is 14.5. The molecule has 5 nitrogen and oxygen atoms in total. The quantitative estimate of drug-likeness (QED) is 0.380. The highest BCUT2D eigenvalue weighted by Gasteiger charge is 2.35. The van der Waals surface area contributed by atoms with Crippen molar-refractivity contribution < 1.29 is 19.0 Å². The van der Waals surface area contributed by atoms with Crippen LogP contribution >= 0.6 is 22.9 Å². The summed E-state index contributed by atoms with van der Waals surface area (Å²) in [5.41, 5.74) is 4.49. The van der Waals surface area contributed by atoms with Crippen LogP contribution in [0.2, 0.25) is 0 Å². The number of aryl methyl sites for hydroxylation is 2. The van der Waals surface area contributed by atoms with Gasteiger partial charge in [-0.15, -0.1) is 11.3 Å². The van der Waals surface area contributed by atoms with E-state index in [0.29, 0.717) is 6.61 Å². The SMILES string of the molecule is CCOC(=O)C(OC(C)(C)C)c1c(C)sc(-c2ccsn2)c1-c1ccc2c(c1)CCCO2. The number of aromatic nitrogens is 1. The third-order valence-electron chi connectivity index (χ3n) is 5.23. The first-order valence-electron chi connectivity index (χ1n) is 10.9. The van der Waals surface area contributed by atoms with Gasteiger partial charge in [0.2, 0.25) is 0 Å². The van der Waals surface area contributed by atoms with Gasteiger partial charge in [-0.3, -0.25) is 0 Å². The lowest BCUT2D eigenvalue weighted by Gasteiger charge is -2.27. The number of thiophene rings is 1. The molecule has 0 fully saturated rings. The van der Waals surface area contributed by atoms with Crippen molar-refractivity contribution in [1.82, 2.24) is 4.37 Å². The fraction of sp³-hybridized carbons (Fsp3) is 0.440. The van der Waals surface area contributed by atoms with E-state index in [1.807, 2.05) is 52.1 Å². The predicted molar refractivity (Wildman–Crippen MR) is 130 cm³/mol. The van der Waals surface area contributed by atoms with Gasteiger partial charge in [-0.05, 0) is 88.3 Å². The summed E-state index contributed by atoms with van der Waals surface area (Å²) in [5, 5.41) is 1.98. The van der Waals surface area contributed by atoms with Crippen molar-refractivity contribution in [1.29, 1.82) is 0 Å².